The number of aromatic carboxylic acids is 1. The third-order valence-corrected chi connectivity index (χ3v) is 4.28. The lowest BCUT2D eigenvalue weighted by molar-refractivity contribution is 0.0695. The largest absolute Gasteiger partial charge is 0.478 e. The first kappa shape index (κ1) is 16.9. The Morgan fingerprint density at radius 3 is 2.60 bits per heavy atom. The number of hydrogen-bond acceptors (Lipinski definition) is 2. The summed E-state index contributed by atoms with van der Waals surface area (Å²) in [5.41, 5.74) is 1.09. The minimum absolute atomic E-state index is 0.0806. The van der Waals surface area contributed by atoms with Crippen LogP contribution in [0.25, 0.3) is 0 Å². The standard InChI is InChI=1S/C18H16F2N2O3/c19-15-6-5-12(9-16(15)20)21-18(25)22-8-7-11(10-22)13-3-1-2-4-14(13)17(23)24/h1-6,9,11H,7-8,10H2,(H,21,25)(H,23,24). The summed E-state index contributed by atoms with van der Waals surface area (Å²) in [4.78, 5) is 25.2. The Morgan fingerprint density at radius 2 is 1.88 bits per heavy atom. The number of nitrogens with zero attached hydrogens (tertiary/aromatic N) is 1. The van der Waals surface area contributed by atoms with Crippen molar-refractivity contribution in [3.05, 3.63) is 65.2 Å². The van der Waals surface area contributed by atoms with Crippen LogP contribution in [-0.2, 0) is 0 Å². The molecule has 1 saturated heterocycles. The second-order valence-electron chi connectivity index (χ2n) is 5.88. The molecule has 2 aromatic rings. The van der Waals surface area contributed by atoms with Gasteiger partial charge in [0.05, 0.1) is 5.56 Å². The smallest absolute Gasteiger partial charge is 0.335 e. The van der Waals surface area contributed by atoms with Gasteiger partial charge in [0.1, 0.15) is 0 Å². The van der Waals surface area contributed by atoms with Gasteiger partial charge in [-0.05, 0) is 30.2 Å². The number of benzene rings is 2. The van der Waals surface area contributed by atoms with E-state index >= 15 is 0 Å². The molecule has 2 amide bonds. The summed E-state index contributed by atoms with van der Waals surface area (Å²) in [5, 5.41) is 11.8. The fourth-order valence-electron chi connectivity index (χ4n) is 3.02. The molecule has 1 atom stereocenters. The SMILES string of the molecule is O=C(O)c1ccccc1C1CCN(C(=O)Nc2ccc(F)c(F)c2)C1. The number of carbonyl (C=O) groups excluding carboxylic acids is 1. The highest BCUT2D eigenvalue weighted by Crippen LogP contribution is 2.30. The van der Waals surface area contributed by atoms with E-state index < -0.39 is 23.6 Å². The van der Waals surface area contributed by atoms with E-state index in [-0.39, 0.29) is 17.2 Å². The summed E-state index contributed by atoms with van der Waals surface area (Å²) in [6, 6.07) is 9.44. The predicted molar refractivity (Wildman–Crippen MR) is 87.7 cm³/mol. The molecule has 7 heteroatoms. The number of rotatable bonds is 3. The Kier molecular flexibility index (Phi) is 4.65. The van der Waals surface area contributed by atoms with Crippen LogP contribution in [0.5, 0.6) is 0 Å². The van der Waals surface area contributed by atoms with Crippen LogP contribution in [0, 0.1) is 11.6 Å². The van der Waals surface area contributed by atoms with E-state index in [1.807, 2.05) is 0 Å². The number of halogens is 2. The Morgan fingerprint density at radius 1 is 1.12 bits per heavy atom. The van der Waals surface area contributed by atoms with Crippen molar-refractivity contribution < 1.29 is 23.5 Å². The molecule has 25 heavy (non-hydrogen) atoms. The van der Waals surface area contributed by atoms with E-state index in [0.29, 0.717) is 25.1 Å². The van der Waals surface area contributed by atoms with Gasteiger partial charge in [0, 0.05) is 30.8 Å². The maximum Gasteiger partial charge on any atom is 0.335 e. The van der Waals surface area contributed by atoms with E-state index in [1.165, 1.54) is 11.0 Å². The van der Waals surface area contributed by atoms with E-state index in [1.54, 1.807) is 24.3 Å². The molecular formula is C18H16F2N2O3. The van der Waals surface area contributed by atoms with Crippen molar-refractivity contribution in [2.45, 2.75) is 12.3 Å². The molecule has 3 rings (SSSR count). The molecule has 0 spiro atoms. The van der Waals surface area contributed by atoms with Crippen molar-refractivity contribution in [1.82, 2.24) is 4.90 Å². The molecule has 1 aliphatic heterocycles. The van der Waals surface area contributed by atoms with E-state index in [0.717, 1.165) is 12.1 Å². The minimum atomic E-state index is -1.03. The fraction of sp³-hybridized carbons (Fsp3) is 0.222. The second-order valence-corrected chi connectivity index (χ2v) is 5.88. The highest BCUT2D eigenvalue weighted by molar-refractivity contribution is 5.91. The van der Waals surface area contributed by atoms with Gasteiger partial charge in [-0.15, -0.1) is 0 Å². The summed E-state index contributed by atoms with van der Waals surface area (Å²) < 4.78 is 26.1. The maximum absolute atomic E-state index is 13.2. The molecule has 1 fully saturated rings. The normalized spacial score (nSPS) is 16.7. The van der Waals surface area contributed by atoms with Crippen LogP contribution in [-0.4, -0.2) is 35.1 Å². The minimum Gasteiger partial charge on any atom is -0.478 e. The van der Waals surface area contributed by atoms with Crippen molar-refractivity contribution >= 4 is 17.7 Å². The van der Waals surface area contributed by atoms with Crippen molar-refractivity contribution in [3.8, 4) is 0 Å². The number of nitrogens with one attached hydrogen (secondary N) is 1. The molecule has 0 radical (unpaired) electrons. The summed E-state index contributed by atoms with van der Waals surface area (Å²) in [6.45, 7) is 0.813. The van der Waals surface area contributed by atoms with Crippen LogP contribution < -0.4 is 5.32 Å². The lowest BCUT2D eigenvalue weighted by Gasteiger charge is -2.18. The summed E-state index contributed by atoms with van der Waals surface area (Å²) in [7, 11) is 0. The molecule has 2 aromatic carbocycles. The van der Waals surface area contributed by atoms with Gasteiger partial charge in [-0.3, -0.25) is 0 Å². The quantitative estimate of drug-likeness (QED) is 0.891. The lowest BCUT2D eigenvalue weighted by Crippen LogP contribution is -2.32. The van der Waals surface area contributed by atoms with Gasteiger partial charge in [-0.25, -0.2) is 18.4 Å². The third kappa shape index (κ3) is 3.60. The summed E-state index contributed by atoms with van der Waals surface area (Å²) >= 11 is 0. The van der Waals surface area contributed by atoms with Crippen LogP contribution in [0.1, 0.15) is 28.3 Å². The molecule has 0 aromatic heterocycles. The Balaban J connectivity index is 1.69. The molecule has 1 heterocycles. The zero-order chi connectivity index (χ0) is 18.0. The molecule has 0 aliphatic carbocycles. The van der Waals surface area contributed by atoms with Gasteiger partial charge in [-0.1, -0.05) is 18.2 Å². The average molecular weight is 346 g/mol. The topological polar surface area (TPSA) is 69.6 Å². The van der Waals surface area contributed by atoms with Crippen LogP contribution in [0.15, 0.2) is 42.5 Å². The highest BCUT2D eigenvalue weighted by Gasteiger charge is 2.29. The molecule has 1 aliphatic rings. The zero-order valence-corrected chi connectivity index (χ0v) is 13.2. The molecule has 130 valence electrons. The van der Waals surface area contributed by atoms with E-state index in [2.05, 4.69) is 5.32 Å². The summed E-state index contributed by atoms with van der Waals surface area (Å²) in [6.07, 6.45) is 0.634. The number of anilines is 1. The van der Waals surface area contributed by atoms with E-state index in [9.17, 15) is 23.5 Å². The van der Waals surface area contributed by atoms with Crippen LogP contribution in [0.2, 0.25) is 0 Å². The molecule has 0 saturated carbocycles. The maximum atomic E-state index is 13.2. The Bertz CT molecular complexity index is 826. The molecule has 1 unspecified atom stereocenters. The van der Waals surface area contributed by atoms with Gasteiger partial charge >= 0.3 is 12.0 Å². The van der Waals surface area contributed by atoms with Crippen LogP contribution >= 0.6 is 0 Å². The third-order valence-electron chi connectivity index (χ3n) is 4.28. The number of hydrogen-bond donors (Lipinski definition) is 2. The fourth-order valence-corrected chi connectivity index (χ4v) is 3.02. The van der Waals surface area contributed by atoms with Crippen molar-refractivity contribution in [3.63, 3.8) is 0 Å². The van der Waals surface area contributed by atoms with Crippen molar-refractivity contribution in [2.75, 3.05) is 18.4 Å². The average Bonchev–Trinajstić information content (AvgIpc) is 3.08. The van der Waals surface area contributed by atoms with Crippen LogP contribution in [0.3, 0.4) is 0 Å². The molecule has 2 N–H and O–H groups in total. The Labute approximate surface area is 142 Å². The number of amides is 2. The van der Waals surface area contributed by atoms with Gasteiger partial charge in [0.15, 0.2) is 11.6 Å². The predicted octanol–water partition coefficient (Wildman–Crippen LogP) is 3.68. The van der Waals surface area contributed by atoms with Gasteiger partial charge in [0.2, 0.25) is 0 Å². The first-order valence-corrected chi connectivity index (χ1v) is 7.79. The van der Waals surface area contributed by atoms with Gasteiger partial charge < -0.3 is 15.3 Å². The number of likely N-dealkylation sites (tertiary alicyclic amines) is 1. The Hall–Kier alpha value is -2.96. The lowest BCUT2D eigenvalue weighted by atomic mass is 9.93. The second kappa shape index (κ2) is 6.88. The first-order valence-electron chi connectivity index (χ1n) is 7.79. The van der Waals surface area contributed by atoms with Crippen molar-refractivity contribution in [1.29, 1.82) is 0 Å². The van der Waals surface area contributed by atoms with Crippen molar-refractivity contribution in [2.24, 2.45) is 0 Å². The molecule has 0 bridgehead atoms. The number of carboxylic acids is 1. The number of urea groups is 1. The first-order chi connectivity index (χ1) is 12.0. The van der Waals surface area contributed by atoms with Crippen LogP contribution in [0.4, 0.5) is 19.3 Å². The monoisotopic (exact) mass is 346 g/mol. The van der Waals surface area contributed by atoms with E-state index in [4.69, 9.17) is 0 Å². The highest BCUT2D eigenvalue weighted by atomic mass is 19.2. The van der Waals surface area contributed by atoms with Gasteiger partial charge in [0.25, 0.3) is 0 Å². The zero-order valence-electron chi connectivity index (χ0n) is 13.2. The number of carbonyl (C=O) groups is 2. The molecular weight excluding hydrogens is 330 g/mol. The number of carboxylic acid groups (broad SMARTS) is 1. The van der Waals surface area contributed by atoms with Gasteiger partial charge in [-0.2, -0.15) is 0 Å². The summed E-state index contributed by atoms with van der Waals surface area (Å²) in [5.74, 6) is -3.10. The molecule has 5 nitrogen and oxygen atoms in total.